The second-order valence-corrected chi connectivity index (χ2v) is 5.24. The Morgan fingerprint density at radius 2 is 1.88 bits per heavy atom. The van der Waals surface area contributed by atoms with E-state index in [4.69, 9.17) is 4.74 Å². The second kappa shape index (κ2) is 9.27. The standard InChI is InChI=1S/C18H20FN3O3/c1-13(23)22-14-7-8-16(19)17(11-14)21-12-18(24)20-9-10-25-15-5-3-2-4-6-15/h2-8,11,21H,9-10,12H2,1H3,(H,20,24)(H,22,23). The fraction of sp³-hybridized carbons (Fsp3) is 0.222. The first-order valence-corrected chi connectivity index (χ1v) is 7.80. The number of benzene rings is 2. The Morgan fingerprint density at radius 1 is 1.12 bits per heavy atom. The van der Waals surface area contributed by atoms with E-state index in [2.05, 4.69) is 16.0 Å². The van der Waals surface area contributed by atoms with Crippen LogP contribution in [0.5, 0.6) is 5.75 Å². The molecule has 0 saturated carbocycles. The summed E-state index contributed by atoms with van der Waals surface area (Å²) in [6.07, 6.45) is 0. The summed E-state index contributed by atoms with van der Waals surface area (Å²) in [5.74, 6) is -0.323. The van der Waals surface area contributed by atoms with Gasteiger partial charge >= 0.3 is 0 Å². The Morgan fingerprint density at radius 3 is 2.60 bits per heavy atom. The highest BCUT2D eigenvalue weighted by molar-refractivity contribution is 5.89. The van der Waals surface area contributed by atoms with E-state index in [0.29, 0.717) is 18.8 Å². The summed E-state index contributed by atoms with van der Waals surface area (Å²) < 4.78 is 19.2. The van der Waals surface area contributed by atoms with Gasteiger partial charge < -0.3 is 20.7 Å². The van der Waals surface area contributed by atoms with E-state index in [0.717, 1.165) is 5.75 Å². The lowest BCUT2D eigenvalue weighted by molar-refractivity contribution is -0.119. The molecule has 7 heteroatoms. The molecule has 2 rings (SSSR count). The molecule has 2 aromatic rings. The van der Waals surface area contributed by atoms with Crippen LogP contribution >= 0.6 is 0 Å². The van der Waals surface area contributed by atoms with Crippen LogP contribution in [0.15, 0.2) is 48.5 Å². The minimum Gasteiger partial charge on any atom is -0.492 e. The van der Waals surface area contributed by atoms with Crippen LogP contribution in [0.4, 0.5) is 15.8 Å². The van der Waals surface area contributed by atoms with Crippen molar-refractivity contribution in [1.29, 1.82) is 0 Å². The Labute approximate surface area is 145 Å². The van der Waals surface area contributed by atoms with E-state index in [9.17, 15) is 14.0 Å². The lowest BCUT2D eigenvalue weighted by atomic mass is 10.2. The number of hydrogen-bond donors (Lipinski definition) is 3. The molecule has 0 heterocycles. The smallest absolute Gasteiger partial charge is 0.239 e. The molecule has 2 amide bonds. The van der Waals surface area contributed by atoms with Crippen molar-refractivity contribution >= 4 is 23.2 Å². The normalized spacial score (nSPS) is 10.0. The molecule has 2 aromatic carbocycles. The van der Waals surface area contributed by atoms with Crippen LogP contribution in [-0.2, 0) is 9.59 Å². The van der Waals surface area contributed by atoms with Crippen molar-refractivity contribution in [2.75, 3.05) is 30.3 Å². The molecule has 0 aliphatic rings. The summed E-state index contributed by atoms with van der Waals surface area (Å²) in [4.78, 5) is 22.8. The maximum absolute atomic E-state index is 13.7. The van der Waals surface area contributed by atoms with E-state index >= 15 is 0 Å². The van der Waals surface area contributed by atoms with Gasteiger partial charge in [0.2, 0.25) is 11.8 Å². The van der Waals surface area contributed by atoms with Crippen molar-refractivity contribution in [2.45, 2.75) is 6.92 Å². The van der Waals surface area contributed by atoms with Crippen LogP contribution in [0.3, 0.4) is 0 Å². The summed E-state index contributed by atoms with van der Waals surface area (Å²) in [5.41, 5.74) is 0.593. The van der Waals surface area contributed by atoms with Gasteiger partial charge in [0, 0.05) is 12.6 Å². The fourth-order valence-corrected chi connectivity index (χ4v) is 2.06. The predicted octanol–water partition coefficient (Wildman–Crippen LogP) is 2.39. The summed E-state index contributed by atoms with van der Waals surface area (Å²) >= 11 is 0. The highest BCUT2D eigenvalue weighted by atomic mass is 19.1. The Balaban J connectivity index is 1.73. The number of rotatable bonds is 8. The molecule has 0 aliphatic heterocycles. The van der Waals surface area contributed by atoms with Crippen LogP contribution in [0.2, 0.25) is 0 Å². The number of halogens is 1. The lowest BCUT2D eigenvalue weighted by Gasteiger charge is -2.11. The van der Waals surface area contributed by atoms with Crippen molar-refractivity contribution in [3.8, 4) is 5.75 Å². The SMILES string of the molecule is CC(=O)Nc1ccc(F)c(NCC(=O)NCCOc2ccccc2)c1. The third-order valence-corrected chi connectivity index (χ3v) is 3.16. The zero-order valence-electron chi connectivity index (χ0n) is 13.8. The molecule has 132 valence electrons. The lowest BCUT2D eigenvalue weighted by Crippen LogP contribution is -2.33. The molecule has 0 atom stereocenters. The van der Waals surface area contributed by atoms with Gasteiger partial charge in [0.25, 0.3) is 0 Å². The van der Waals surface area contributed by atoms with Gasteiger partial charge in [0.15, 0.2) is 0 Å². The summed E-state index contributed by atoms with van der Waals surface area (Å²) in [6.45, 7) is 1.94. The minimum absolute atomic E-state index is 0.0915. The number of carbonyl (C=O) groups is 2. The summed E-state index contributed by atoms with van der Waals surface area (Å²) in [5, 5.41) is 7.93. The van der Waals surface area contributed by atoms with Crippen molar-refractivity contribution in [1.82, 2.24) is 5.32 Å². The highest BCUT2D eigenvalue weighted by Gasteiger charge is 2.07. The van der Waals surface area contributed by atoms with Gasteiger partial charge in [-0.05, 0) is 30.3 Å². The van der Waals surface area contributed by atoms with Gasteiger partial charge in [0.1, 0.15) is 18.2 Å². The maximum atomic E-state index is 13.7. The minimum atomic E-state index is -0.505. The first-order chi connectivity index (χ1) is 12.0. The Kier molecular flexibility index (Phi) is 6.76. The average Bonchev–Trinajstić information content (AvgIpc) is 2.59. The van der Waals surface area contributed by atoms with E-state index in [1.54, 1.807) is 0 Å². The molecule has 0 aliphatic carbocycles. The van der Waals surface area contributed by atoms with Crippen molar-refractivity contribution in [3.05, 3.63) is 54.3 Å². The highest BCUT2D eigenvalue weighted by Crippen LogP contribution is 2.19. The van der Waals surface area contributed by atoms with Gasteiger partial charge in [-0.15, -0.1) is 0 Å². The van der Waals surface area contributed by atoms with E-state index in [1.165, 1.54) is 25.1 Å². The first-order valence-electron chi connectivity index (χ1n) is 7.80. The monoisotopic (exact) mass is 345 g/mol. The number of amides is 2. The molecule has 0 saturated heterocycles. The molecule has 25 heavy (non-hydrogen) atoms. The predicted molar refractivity (Wildman–Crippen MR) is 94.1 cm³/mol. The molecule has 0 aromatic heterocycles. The van der Waals surface area contributed by atoms with Crippen molar-refractivity contribution in [2.24, 2.45) is 0 Å². The largest absolute Gasteiger partial charge is 0.492 e. The number of hydrogen-bond acceptors (Lipinski definition) is 4. The van der Waals surface area contributed by atoms with Crippen molar-refractivity contribution < 1.29 is 18.7 Å². The second-order valence-electron chi connectivity index (χ2n) is 5.24. The van der Waals surface area contributed by atoms with Crippen LogP contribution < -0.4 is 20.7 Å². The van der Waals surface area contributed by atoms with Crippen LogP contribution in [0.1, 0.15) is 6.92 Å². The number of ether oxygens (including phenoxy) is 1. The van der Waals surface area contributed by atoms with Crippen LogP contribution in [0.25, 0.3) is 0 Å². The molecular formula is C18H20FN3O3. The van der Waals surface area contributed by atoms with Gasteiger partial charge in [-0.25, -0.2) is 4.39 Å². The number of nitrogens with one attached hydrogen (secondary N) is 3. The van der Waals surface area contributed by atoms with E-state index in [1.807, 2.05) is 30.3 Å². The van der Waals surface area contributed by atoms with Gasteiger partial charge in [-0.1, -0.05) is 18.2 Å². The summed E-state index contributed by atoms with van der Waals surface area (Å²) in [6, 6.07) is 13.4. The average molecular weight is 345 g/mol. The molecular weight excluding hydrogens is 325 g/mol. The maximum Gasteiger partial charge on any atom is 0.239 e. The number of carbonyl (C=O) groups excluding carboxylic acids is 2. The van der Waals surface area contributed by atoms with E-state index < -0.39 is 5.82 Å². The molecule has 0 bridgehead atoms. The zero-order valence-corrected chi connectivity index (χ0v) is 13.8. The number of para-hydroxylation sites is 1. The van der Waals surface area contributed by atoms with Crippen LogP contribution in [0, 0.1) is 5.82 Å². The fourth-order valence-electron chi connectivity index (χ4n) is 2.06. The zero-order chi connectivity index (χ0) is 18.1. The first kappa shape index (κ1) is 18.3. The summed E-state index contributed by atoms with van der Waals surface area (Å²) in [7, 11) is 0. The van der Waals surface area contributed by atoms with Gasteiger partial charge in [0.05, 0.1) is 18.8 Å². The van der Waals surface area contributed by atoms with Gasteiger partial charge in [-0.2, -0.15) is 0 Å². The van der Waals surface area contributed by atoms with Crippen LogP contribution in [-0.4, -0.2) is 31.5 Å². The number of anilines is 2. The molecule has 0 unspecified atom stereocenters. The van der Waals surface area contributed by atoms with E-state index in [-0.39, 0.29) is 24.0 Å². The van der Waals surface area contributed by atoms with Gasteiger partial charge in [-0.3, -0.25) is 9.59 Å². The molecule has 0 fully saturated rings. The topological polar surface area (TPSA) is 79.5 Å². The molecule has 0 radical (unpaired) electrons. The molecule has 0 spiro atoms. The van der Waals surface area contributed by atoms with Crippen molar-refractivity contribution in [3.63, 3.8) is 0 Å². The quantitative estimate of drug-likeness (QED) is 0.642. The Hall–Kier alpha value is -3.09. The molecule has 3 N–H and O–H groups in total. The third kappa shape index (κ3) is 6.50. The Bertz CT molecular complexity index is 723. The third-order valence-electron chi connectivity index (χ3n) is 3.16. The molecule has 6 nitrogen and oxygen atoms in total.